The summed E-state index contributed by atoms with van der Waals surface area (Å²) < 4.78 is 1.35. The second-order valence-corrected chi connectivity index (χ2v) is 5.73. The number of H-pyrrole nitrogens is 1. The van der Waals surface area contributed by atoms with E-state index in [2.05, 4.69) is 9.97 Å². The summed E-state index contributed by atoms with van der Waals surface area (Å²) in [5.74, 6) is -0.407. The number of aliphatic carboxylic acids is 1. The third-order valence-electron chi connectivity index (χ3n) is 3.92. The summed E-state index contributed by atoms with van der Waals surface area (Å²) in [5.41, 5.74) is 8.06. The van der Waals surface area contributed by atoms with E-state index in [1.165, 1.54) is 10.6 Å². The molecule has 0 aliphatic heterocycles. The van der Waals surface area contributed by atoms with E-state index in [1.54, 1.807) is 30.6 Å². The molecule has 8 heteroatoms. The maximum Gasteiger partial charge on any atom is 0.305 e. The molecule has 132 valence electrons. The molecule has 3 aromatic rings. The van der Waals surface area contributed by atoms with Crippen LogP contribution >= 0.6 is 0 Å². The normalized spacial score (nSPS) is 10.6. The average molecular weight is 351 g/mol. The smallest absolute Gasteiger partial charge is 0.305 e. The van der Waals surface area contributed by atoms with E-state index in [4.69, 9.17) is 16.2 Å². The van der Waals surface area contributed by atoms with E-state index in [9.17, 15) is 9.59 Å². The highest BCUT2D eigenvalue weighted by Crippen LogP contribution is 2.21. The standard InChI is InChI=1S/C18H17N5O3/c19-17(20)12-3-1-11(2-4-12)14-10-21-18(22-14)13-5-7-23(15(24)9-13)8-6-16(25)26/h1-5,7,9-10H,6,8H2,(H3,19,20)(H,21,22)(H,25,26). The van der Waals surface area contributed by atoms with E-state index in [0.717, 1.165) is 11.3 Å². The number of hydrogen-bond acceptors (Lipinski definition) is 4. The van der Waals surface area contributed by atoms with Crippen molar-refractivity contribution in [2.24, 2.45) is 5.73 Å². The van der Waals surface area contributed by atoms with Gasteiger partial charge in [-0.05, 0) is 11.6 Å². The highest BCUT2D eigenvalue weighted by atomic mass is 16.4. The van der Waals surface area contributed by atoms with Crippen LogP contribution in [0.2, 0.25) is 0 Å². The van der Waals surface area contributed by atoms with Crippen LogP contribution in [0.15, 0.2) is 53.6 Å². The van der Waals surface area contributed by atoms with Gasteiger partial charge < -0.3 is 20.4 Å². The lowest BCUT2D eigenvalue weighted by Gasteiger charge is -2.04. The van der Waals surface area contributed by atoms with Gasteiger partial charge in [0, 0.05) is 29.9 Å². The Bertz CT molecular complexity index is 1020. The van der Waals surface area contributed by atoms with Crippen molar-refractivity contribution in [3.8, 4) is 22.6 Å². The lowest BCUT2D eigenvalue weighted by molar-refractivity contribution is -0.137. The van der Waals surface area contributed by atoms with Gasteiger partial charge in [0.25, 0.3) is 5.56 Å². The molecule has 0 radical (unpaired) electrons. The zero-order valence-electron chi connectivity index (χ0n) is 13.8. The average Bonchev–Trinajstić information content (AvgIpc) is 3.10. The third kappa shape index (κ3) is 3.69. The largest absolute Gasteiger partial charge is 0.481 e. The molecule has 0 fully saturated rings. The van der Waals surface area contributed by atoms with Gasteiger partial charge in [-0.3, -0.25) is 15.0 Å². The number of hydrogen-bond donors (Lipinski definition) is 4. The number of imidazole rings is 1. The van der Waals surface area contributed by atoms with Crippen molar-refractivity contribution in [3.63, 3.8) is 0 Å². The van der Waals surface area contributed by atoms with Crippen LogP contribution < -0.4 is 11.3 Å². The fraction of sp³-hybridized carbons (Fsp3) is 0.111. The number of nitrogens with two attached hydrogens (primary N) is 1. The van der Waals surface area contributed by atoms with Gasteiger partial charge >= 0.3 is 5.97 Å². The van der Waals surface area contributed by atoms with Crippen LogP contribution in [0.25, 0.3) is 22.6 Å². The second kappa shape index (κ2) is 7.06. The molecule has 0 aliphatic carbocycles. The summed E-state index contributed by atoms with van der Waals surface area (Å²) >= 11 is 0. The Kier molecular flexibility index (Phi) is 4.66. The number of nitrogens with one attached hydrogen (secondary N) is 2. The topological polar surface area (TPSA) is 138 Å². The number of carboxylic acid groups (broad SMARTS) is 1. The van der Waals surface area contributed by atoms with Crippen molar-refractivity contribution in [1.82, 2.24) is 14.5 Å². The predicted molar refractivity (Wildman–Crippen MR) is 97.0 cm³/mol. The van der Waals surface area contributed by atoms with Crippen molar-refractivity contribution in [3.05, 3.63) is 64.7 Å². The molecule has 26 heavy (non-hydrogen) atoms. The monoisotopic (exact) mass is 351 g/mol. The summed E-state index contributed by atoms with van der Waals surface area (Å²) in [6, 6.07) is 10.3. The Labute approximate surface area is 148 Å². The fourth-order valence-electron chi connectivity index (χ4n) is 2.50. The van der Waals surface area contributed by atoms with Gasteiger partial charge in [-0.25, -0.2) is 4.98 Å². The number of aromatic nitrogens is 3. The van der Waals surface area contributed by atoms with Gasteiger partial charge in [0.2, 0.25) is 0 Å². The lowest BCUT2D eigenvalue weighted by atomic mass is 10.1. The van der Waals surface area contributed by atoms with Crippen LogP contribution in [0.5, 0.6) is 0 Å². The molecule has 2 aromatic heterocycles. The summed E-state index contributed by atoms with van der Waals surface area (Å²) in [6.45, 7) is 0.125. The molecule has 8 nitrogen and oxygen atoms in total. The second-order valence-electron chi connectivity index (χ2n) is 5.73. The first-order chi connectivity index (χ1) is 12.4. The van der Waals surface area contributed by atoms with Gasteiger partial charge in [-0.1, -0.05) is 24.3 Å². The molecule has 0 bridgehead atoms. The van der Waals surface area contributed by atoms with Crippen LogP contribution in [0.1, 0.15) is 12.0 Å². The molecule has 0 aliphatic rings. The molecule has 0 saturated carbocycles. The third-order valence-corrected chi connectivity index (χ3v) is 3.92. The SMILES string of the molecule is N=C(N)c1ccc(-c2cnc(-c3ccn(CCC(=O)O)c(=O)c3)[nH]2)cc1. The van der Waals surface area contributed by atoms with E-state index >= 15 is 0 Å². The lowest BCUT2D eigenvalue weighted by Crippen LogP contribution is -2.20. The Hall–Kier alpha value is -3.68. The highest BCUT2D eigenvalue weighted by molar-refractivity contribution is 5.95. The number of amidine groups is 1. The van der Waals surface area contributed by atoms with Crippen molar-refractivity contribution >= 4 is 11.8 Å². The maximum absolute atomic E-state index is 12.1. The molecule has 0 atom stereocenters. The first-order valence-electron chi connectivity index (χ1n) is 7.86. The van der Waals surface area contributed by atoms with Gasteiger partial charge in [-0.15, -0.1) is 0 Å². The number of benzene rings is 1. The number of nitrogens with zero attached hydrogens (tertiary/aromatic N) is 2. The molecule has 0 saturated heterocycles. The van der Waals surface area contributed by atoms with Crippen molar-refractivity contribution in [2.75, 3.05) is 0 Å². The first-order valence-corrected chi connectivity index (χ1v) is 7.86. The Morgan fingerprint density at radius 1 is 1.23 bits per heavy atom. The van der Waals surface area contributed by atoms with Crippen LogP contribution in [0.3, 0.4) is 0 Å². The zero-order chi connectivity index (χ0) is 18.7. The Balaban J connectivity index is 1.83. The number of aromatic amines is 1. The van der Waals surface area contributed by atoms with Gasteiger partial charge in [0.1, 0.15) is 11.7 Å². The summed E-state index contributed by atoms with van der Waals surface area (Å²) in [4.78, 5) is 30.2. The zero-order valence-corrected chi connectivity index (χ0v) is 13.8. The Morgan fingerprint density at radius 3 is 2.58 bits per heavy atom. The molecule has 2 heterocycles. The van der Waals surface area contributed by atoms with E-state index < -0.39 is 5.97 Å². The maximum atomic E-state index is 12.1. The van der Waals surface area contributed by atoms with Gasteiger partial charge in [0.15, 0.2) is 0 Å². The van der Waals surface area contributed by atoms with Crippen LogP contribution in [0.4, 0.5) is 0 Å². The minimum atomic E-state index is -0.951. The number of nitrogen functional groups attached to an aromatic ring is 1. The van der Waals surface area contributed by atoms with Gasteiger partial charge in [-0.2, -0.15) is 0 Å². The minimum absolute atomic E-state index is 0.00492. The molecular formula is C18H17N5O3. The van der Waals surface area contributed by atoms with Crippen LogP contribution in [0, 0.1) is 5.41 Å². The number of pyridine rings is 1. The fourth-order valence-corrected chi connectivity index (χ4v) is 2.50. The van der Waals surface area contributed by atoms with E-state index in [1.807, 2.05) is 12.1 Å². The van der Waals surface area contributed by atoms with Gasteiger partial charge in [0.05, 0.1) is 18.3 Å². The molecule has 3 rings (SSSR count). The predicted octanol–water partition coefficient (Wildman–Crippen LogP) is 1.66. The number of aryl methyl sites for hydroxylation is 1. The summed E-state index contributed by atoms with van der Waals surface area (Å²) in [6.07, 6.45) is 3.11. The summed E-state index contributed by atoms with van der Waals surface area (Å²) in [5, 5.41) is 16.1. The number of rotatable bonds is 6. The quantitative estimate of drug-likeness (QED) is 0.395. The van der Waals surface area contributed by atoms with Crippen molar-refractivity contribution in [2.45, 2.75) is 13.0 Å². The minimum Gasteiger partial charge on any atom is -0.481 e. The molecule has 1 aromatic carbocycles. The van der Waals surface area contributed by atoms with Crippen LogP contribution in [-0.4, -0.2) is 31.4 Å². The molecule has 0 spiro atoms. The highest BCUT2D eigenvalue weighted by Gasteiger charge is 2.08. The van der Waals surface area contributed by atoms with Crippen molar-refractivity contribution < 1.29 is 9.90 Å². The summed E-state index contributed by atoms with van der Waals surface area (Å²) in [7, 11) is 0. The van der Waals surface area contributed by atoms with Crippen LogP contribution in [-0.2, 0) is 11.3 Å². The molecule has 0 amide bonds. The van der Waals surface area contributed by atoms with Crippen molar-refractivity contribution in [1.29, 1.82) is 5.41 Å². The number of carboxylic acids is 1. The number of carbonyl (C=O) groups is 1. The first kappa shape index (κ1) is 17.2. The van der Waals surface area contributed by atoms with E-state index in [0.29, 0.717) is 17.0 Å². The molecule has 0 unspecified atom stereocenters. The molecular weight excluding hydrogens is 334 g/mol. The van der Waals surface area contributed by atoms with E-state index in [-0.39, 0.29) is 24.4 Å². The Morgan fingerprint density at radius 2 is 1.96 bits per heavy atom. The molecule has 5 N–H and O–H groups in total.